The molecule has 0 aliphatic carbocycles. The molecule has 3 N–H and O–H groups in total. The fourth-order valence-electron chi connectivity index (χ4n) is 1.25. The summed E-state index contributed by atoms with van der Waals surface area (Å²) in [5.41, 5.74) is 5.97. The third kappa shape index (κ3) is 3.64. The summed E-state index contributed by atoms with van der Waals surface area (Å²) < 4.78 is 26.2. The normalized spacial score (nSPS) is 11.8. The Balaban J connectivity index is 3.21. The first-order valence-electron chi connectivity index (χ1n) is 4.85. The van der Waals surface area contributed by atoms with Gasteiger partial charge in [-0.25, -0.2) is 13.1 Å². The lowest BCUT2D eigenvalue weighted by Crippen LogP contribution is -2.30. The number of thiocarbonyl (C=S) groups is 1. The largest absolute Gasteiger partial charge is 0.389 e. The van der Waals surface area contributed by atoms with Crippen LogP contribution in [0.1, 0.15) is 19.4 Å². The van der Waals surface area contributed by atoms with E-state index in [4.69, 9.17) is 29.6 Å². The Morgan fingerprint density at radius 3 is 2.47 bits per heavy atom. The lowest BCUT2D eigenvalue weighted by atomic mass is 10.2. The molecule has 0 aliphatic rings. The molecule has 7 heteroatoms. The van der Waals surface area contributed by atoms with Crippen LogP contribution in [-0.2, 0) is 10.0 Å². The molecule has 0 spiro atoms. The van der Waals surface area contributed by atoms with Crippen LogP contribution < -0.4 is 10.5 Å². The highest BCUT2D eigenvalue weighted by Gasteiger charge is 2.19. The third-order valence-electron chi connectivity index (χ3n) is 1.90. The number of nitrogens with two attached hydrogens (primary N) is 1. The SMILES string of the molecule is CC(C)NS(=O)(=O)c1ccc(C(N)=S)cc1Cl. The summed E-state index contributed by atoms with van der Waals surface area (Å²) in [4.78, 5) is 0.195. The first-order chi connectivity index (χ1) is 7.74. The van der Waals surface area contributed by atoms with Gasteiger partial charge in [-0.15, -0.1) is 0 Å². The fraction of sp³-hybridized carbons (Fsp3) is 0.300. The summed E-state index contributed by atoms with van der Waals surface area (Å²) in [6.45, 7) is 3.46. The Labute approximate surface area is 111 Å². The molecular formula is C10H13ClN2O2S2. The second kappa shape index (κ2) is 5.30. The molecule has 1 aromatic rings. The Hall–Kier alpha value is -0.690. The molecule has 1 aromatic carbocycles. The van der Waals surface area contributed by atoms with Gasteiger partial charge in [-0.1, -0.05) is 29.9 Å². The van der Waals surface area contributed by atoms with Crippen molar-refractivity contribution in [2.24, 2.45) is 5.73 Å². The Morgan fingerprint density at radius 1 is 1.47 bits per heavy atom. The third-order valence-corrected chi connectivity index (χ3v) is 4.27. The second-order valence-corrected chi connectivity index (χ2v) is 6.31. The highest BCUT2D eigenvalue weighted by atomic mass is 35.5. The maximum atomic E-state index is 11.9. The Kier molecular flexibility index (Phi) is 4.48. The van der Waals surface area contributed by atoms with Crippen molar-refractivity contribution < 1.29 is 8.42 Å². The Morgan fingerprint density at radius 2 is 2.06 bits per heavy atom. The summed E-state index contributed by atoms with van der Waals surface area (Å²) in [6.07, 6.45) is 0. The lowest BCUT2D eigenvalue weighted by molar-refractivity contribution is 0.570. The molecule has 0 radical (unpaired) electrons. The van der Waals surface area contributed by atoms with Crippen LogP contribution in [0.4, 0.5) is 0 Å². The van der Waals surface area contributed by atoms with Gasteiger partial charge in [-0.3, -0.25) is 0 Å². The molecule has 0 fully saturated rings. The maximum Gasteiger partial charge on any atom is 0.242 e. The van der Waals surface area contributed by atoms with Crippen LogP contribution in [0.15, 0.2) is 23.1 Å². The van der Waals surface area contributed by atoms with Crippen molar-refractivity contribution in [3.05, 3.63) is 28.8 Å². The van der Waals surface area contributed by atoms with Crippen molar-refractivity contribution in [3.8, 4) is 0 Å². The van der Waals surface area contributed by atoms with E-state index >= 15 is 0 Å². The highest BCUT2D eigenvalue weighted by molar-refractivity contribution is 7.89. The molecular weight excluding hydrogens is 280 g/mol. The van der Waals surface area contributed by atoms with E-state index < -0.39 is 10.0 Å². The van der Waals surface area contributed by atoms with Gasteiger partial charge in [0, 0.05) is 11.6 Å². The monoisotopic (exact) mass is 292 g/mol. The van der Waals surface area contributed by atoms with Crippen LogP contribution in [0.25, 0.3) is 0 Å². The molecule has 0 bridgehead atoms. The van der Waals surface area contributed by atoms with E-state index in [9.17, 15) is 8.42 Å². The molecule has 0 aromatic heterocycles. The van der Waals surface area contributed by atoms with Crippen molar-refractivity contribution in [2.45, 2.75) is 24.8 Å². The molecule has 0 saturated carbocycles. The number of rotatable bonds is 4. The molecule has 0 atom stereocenters. The first-order valence-corrected chi connectivity index (χ1v) is 7.12. The number of benzene rings is 1. The van der Waals surface area contributed by atoms with Gasteiger partial charge in [-0.2, -0.15) is 0 Å². The first kappa shape index (κ1) is 14.4. The van der Waals surface area contributed by atoms with Crippen molar-refractivity contribution in [3.63, 3.8) is 0 Å². The average molecular weight is 293 g/mol. The summed E-state index contributed by atoms with van der Waals surface area (Å²) >= 11 is 10.7. The van der Waals surface area contributed by atoms with Crippen LogP contribution >= 0.6 is 23.8 Å². The van der Waals surface area contributed by atoms with E-state index in [-0.39, 0.29) is 20.9 Å². The summed E-state index contributed by atoms with van der Waals surface area (Å²) in [5, 5.41) is 0.100. The van der Waals surface area contributed by atoms with Crippen LogP contribution in [-0.4, -0.2) is 19.4 Å². The topological polar surface area (TPSA) is 72.2 Å². The summed E-state index contributed by atoms with van der Waals surface area (Å²) in [6, 6.07) is 4.16. The zero-order valence-electron chi connectivity index (χ0n) is 9.40. The molecule has 17 heavy (non-hydrogen) atoms. The highest BCUT2D eigenvalue weighted by Crippen LogP contribution is 2.22. The van der Waals surface area contributed by atoms with Crippen LogP contribution in [0, 0.1) is 0 Å². The minimum atomic E-state index is -3.60. The summed E-state index contributed by atoms with van der Waals surface area (Å²) in [7, 11) is -3.60. The zero-order chi connectivity index (χ0) is 13.2. The molecule has 94 valence electrons. The molecule has 0 amide bonds. The smallest absolute Gasteiger partial charge is 0.242 e. The molecule has 0 unspecified atom stereocenters. The van der Waals surface area contributed by atoms with Crippen LogP contribution in [0.3, 0.4) is 0 Å². The van der Waals surface area contributed by atoms with Crippen molar-refractivity contribution in [1.82, 2.24) is 4.72 Å². The minimum Gasteiger partial charge on any atom is -0.389 e. The van der Waals surface area contributed by atoms with Crippen LogP contribution in [0.2, 0.25) is 5.02 Å². The molecule has 0 heterocycles. The van der Waals surface area contributed by atoms with Gasteiger partial charge in [0.2, 0.25) is 10.0 Å². The minimum absolute atomic E-state index is 0.0212. The number of halogens is 1. The number of sulfonamides is 1. The molecule has 0 saturated heterocycles. The standard InChI is InChI=1S/C10H13ClN2O2S2/c1-6(2)13-17(14,15)9-4-3-7(10(12)16)5-8(9)11/h3-6,13H,1-2H3,(H2,12,16). The molecule has 0 aliphatic heterocycles. The lowest BCUT2D eigenvalue weighted by Gasteiger charge is -2.11. The van der Waals surface area contributed by atoms with E-state index in [0.717, 1.165) is 0 Å². The van der Waals surface area contributed by atoms with Gasteiger partial charge in [0.15, 0.2) is 0 Å². The number of nitrogens with one attached hydrogen (secondary N) is 1. The second-order valence-electron chi connectivity index (χ2n) is 3.79. The predicted molar refractivity (Wildman–Crippen MR) is 72.8 cm³/mol. The number of hydrogen-bond donors (Lipinski definition) is 2. The van der Waals surface area contributed by atoms with E-state index in [0.29, 0.717) is 5.56 Å². The fourth-order valence-corrected chi connectivity index (χ4v) is 3.17. The summed E-state index contributed by atoms with van der Waals surface area (Å²) in [5.74, 6) is 0. The van der Waals surface area contributed by atoms with E-state index in [1.54, 1.807) is 13.8 Å². The van der Waals surface area contributed by atoms with Crippen molar-refractivity contribution in [2.75, 3.05) is 0 Å². The van der Waals surface area contributed by atoms with E-state index in [1.165, 1.54) is 18.2 Å². The van der Waals surface area contributed by atoms with Gasteiger partial charge >= 0.3 is 0 Å². The van der Waals surface area contributed by atoms with Gasteiger partial charge in [0.05, 0.1) is 5.02 Å². The average Bonchev–Trinajstić information content (AvgIpc) is 2.14. The van der Waals surface area contributed by atoms with E-state index in [2.05, 4.69) is 4.72 Å². The maximum absolute atomic E-state index is 11.9. The van der Waals surface area contributed by atoms with Crippen molar-refractivity contribution >= 4 is 38.8 Å². The quantitative estimate of drug-likeness (QED) is 0.828. The van der Waals surface area contributed by atoms with Gasteiger partial charge in [0.1, 0.15) is 9.88 Å². The predicted octanol–water partition coefficient (Wildman–Crippen LogP) is 1.66. The molecule has 4 nitrogen and oxygen atoms in total. The van der Waals surface area contributed by atoms with Crippen LogP contribution in [0.5, 0.6) is 0 Å². The Bertz CT molecular complexity index is 541. The van der Waals surface area contributed by atoms with Crippen molar-refractivity contribution in [1.29, 1.82) is 0 Å². The van der Waals surface area contributed by atoms with E-state index in [1.807, 2.05) is 0 Å². The number of hydrogen-bond acceptors (Lipinski definition) is 3. The zero-order valence-corrected chi connectivity index (χ0v) is 11.8. The molecule has 1 rings (SSSR count). The van der Waals surface area contributed by atoms with Gasteiger partial charge in [-0.05, 0) is 26.0 Å². The van der Waals surface area contributed by atoms with Gasteiger partial charge < -0.3 is 5.73 Å². The van der Waals surface area contributed by atoms with Gasteiger partial charge in [0.25, 0.3) is 0 Å².